The van der Waals surface area contributed by atoms with Crippen molar-refractivity contribution >= 4 is 11.1 Å². The van der Waals surface area contributed by atoms with Crippen LogP contribution < -0.4 is 0 Å². The fourth-order valence-corrected chi connectivity index (χ4v) is 3.51. The molecule has 0 aromatic heterocycles. The lowest BCUT2D eigenvalue weighted by Crippen LogP contribution is -2.04. The molecule has 3 aromatic rings. The first-order valence-corrected chi connectivity index (χ1v) is 9.09. The first kappa shape index (κ1) is 16.4. The Bertz CT molecular complexity index is 942. The number of rotatable bonds is 4. The van der Waals surface area contributed by atoms with Gasteiger partial charge in [-0.2, -0.15) is 0 Å². The zero-order valence-corrected chi connectivity index (χ0v) is 14.8. The Balaban J connectivity index is 1.51. The van der Waals surface area contributed by atoms with Gasteiger partial charge in [0.1, 0.15) is 0 Å². The minimum Gasteiger partial charge on any atom is -0.0946 e. The van der Waals surface area contributed by atoms with Crippen LogP contribution >= 0.6 is 0 Å². The predicted molar refractivity (Wildman–Crippen MR) is 113 cm³/mol. The van der Waals surface area contributed by atoms with E-state index in [9.17, 15) is 0 Å². The fraction of sp³-hybridized carbons (Fsp3) is 0.0769. The lowest BCUT2D eigenvalue weighted by atomic mass is 9.83. The molecule has 0 bridgehead atoms. The fourth-order valence-electron chi connectivity index (χ4n) is 3.51. The zero-order chi connectivity index (χ0) is 17.8. The van der Waals surface area contributed by atoms with E-state index in [0.717, 1.165) is 6.42 Å². The Morgan fingerprint density at radius 3 is 1.92 bits per heavy atom. The van der Waals surface area contributed by atoms with E-state index in [-0.39, 0.29) is 0 Å². The molecule has 0 spiro atoms. The highest BCUT2D eigenvalue weighted by molar-refractivity contribution is 5.76. The third-order valence-corrected chi connectivity index (χ3v) is 5.04. The maximum atomic E-state index is 4.40. The van der Waals surface area contributed by atoms with Gasteiger partial charge in [-0.15, -0.1) is 0 Å². The average Bonchev–Trinajstić information content (AvgIpc) is 2.75. The summed E-state index contributed by atoms with van der Waals surface area (Å²) in [5, 5.41) is 0. The van der Waals surface area contributed by atoms with Crippen LogP contribution in [0, 0.1) is 5.92 Å². The molecule has 0 aliphatic heterocycles. The molecular weight excluding hydrogens is 312 g/mol. The molecule has 1 atom stereocenters. The molecule has 126 valence electrons. The van der Waals surface area contributed by atoms with Gasteiger partial charge in [-0.05, 0) is 39.8 Å². The standard InChI is InChI=1S/C26H22/c1-20(21-15-17-24(18-16-21)22-9-4-2-5-10-22)25-13-8-14-26(19-25)23-11-6-3-7-12-23/h2-18,25H,1,19H2. The van der Waals surface area contributed by atoms with Crippen LogP contribution in [-0.4, -0.2) is 0 Å². The molecular formula is C26H22. The van der Waals surface area contributed by atoms with Gasteiger partial charge in [0.05, 0.1) is 0 Å². The summed E-state index contributed by atoms with van der Waals surface area (Å²) in [6.45, 7) is 4.40. The Labute approximate surface area is 155 Å². The van der Waals surface area contributed by atoms with Crippen molar-refractivity contribution in [1.82, 2.24) is 0 Å². The summed E-state index contributed by atoms with van der Waals surface area (Å²) < 4.78 is 0. The summed E-state index contributed by atoms with van der Waals surface area (Å²) in [6.07, 6.45) is 7.65. The highest BCUT2D eigenvalue weighted by Crippen LogP contribution is 2.35. The van der Waals surface area contributed by atoms with Crippen LogP contribution in [0.25, 0.3) is 22.3 Å². The van der Waals surface area contributed by atoms with E-state index in [1.807, 2.05) is 6.07 Å². The van der Waals surface area contributed by atoms with Crippen molar-refractivity contribution in [2.75, 3.05) is 0 Å². The molecule has 0 radical (unpaired) electrons. The van der Waals surface area contributed by atoms with Crippen LogP contribution in [0.1, 0.15) is 17.5 Å². The van der Waals surface area contributed by atoms with Gasteiger partial charge in [0.2, 0.25) is 0 Å². The van der Waals surface area contributed by atoms with E-state index in [2.05, 4.69) is 104 Å². The lowest BCUT2D eigenvalue weighted by Gasteiger charge is -2.21. The van der Waals surface area contributed by atoms with Gasteiger partial charge in [-0.25, -0.2) is 0 Å². The molecule has 1 unspecified atom stereocenters. The van der Waals surface area contributed by atoms with E-state index in [0.29, 0.717) is 5.92 Å². The summed E-state index contributed by atoms with van der Waals surface area (Å²) >= 11 is 0. The molecule has 26 heavy (non-hydrogen) atoms. The number of allylic oxidation sites excluding steroid dienone is 5. The third kappa shape index (κ3) is 3.45. The molecule has 0 fully saturated rings. The molecule has 1 aliphatic rings. The van der Waals surface area contributed by atoms with Crippen molar-refractivity contribution in [1.29, 1.82) is 0 Å². The summed E-state index contributed by atoms with van der Waals surface area (Å²) in [7, 11) is 0. The van der Waals surface area contributed by atoms with Crippen LogP contribution in [-0.2, 0) is 0 Å². The van der Waals surface area contributed by atoms with E-state index >= 15 is 0 Å². The van der Waals surface area contributed by atoms with Crippen LogP contribution in [0.15, 0.2) is 110 Å². The van der Waals surface area contributed by atoms with Crippen molar-refractivity contribution in [2.24, 2.45) is 5.92 Å². The van der Waals surface area contributed by atoms with Gasteiger partial charge >= 0.3 is 0 Å². The molecule has 0 nitrogen and oxygen atoms in total. The second-order valence-electron chi connectivity index (χ2n) is 6.72. The minimum absolute atomic E-state index is 0.345. The molecule has 0 heterocycles. The van der Waals surface area contributed by atoms with Crippen molar-refractivity contribution in [3.63, 3.8) is 0 Å². The molecule has 0 amide bonds. The van der Waals surface area contributed by atoms with E-state index in [1.54, 1.807) is 0 Å². The second kappa shape index (κ2) is 7.41. The smallest absolute Gasteiger partial charge is 0.00617 e. The predicted octanol–water partition coefficient (Wildman–Crippen LogP) is 7.03. The van der Waals surface area contributed by atoms with Crippen molar-refractivity contribution < 1.29 is 0 Å². The summed E-state index contributed by atoms with van der Waals surface area (Å²) in [6, 6.07) is 29.9. The van der Waals surface area contributed by atoms with Crippen LogP contribution in [0.5, 0.6) is 0 Å². The van der Waals surface area contributed by atoms with E-state index < -0.39 is 0 Å². The minimum atomic E-state index is 0.345. The van der Waals surface area contributed by atoms with Gasteiger partial charge in [0.15, 0.2) is 0 Å². The van der Waals surface area contributed by atoms with Crippen molar-refractivity contribution in [3.05, 3.63) is 121 Å². The number of hydrogen-bond acceptors (Lipinski definition) is 0. The maximum absolute atomic E-state index is 4.40. The van der Waals surface area contributed by atoms with Crippen LogP contribution in [0.3, 0.4) is 0 Å². The second-order valence-corrected chi connectivity index (χ2v) is 6.72. The van der Waals surface area contributed by atoms with Crippen molar-refractivity contribution in [2.45, 2.75) is 6.42 Å². The molecule has 3 aromatic carbocycles. The molecule has 1 aliphatic carbocycles. The molecule has 4 rings (SSSR count). The molecule has 0 saturated carbocycles. The summed E-state index contributed by atoms with van der Waals surface area (Å²) in [5.74, 6) is 0.345. The van der Waals surface area contributed by atoms with E-state index in [1.165, 1.54) is 33.4 Å². The van der Waals surface area contributed by atoms with Crippen LogP contribution in [0.4, 0.5) is 0 Å². The Morgan fingerprint density at radius 2 is 1.27 bits per heavy atom. The first-order chi connectivity index (χ1) is 12.8. The summed E-state index contributed by atoms with van der Waals surface area (Å²) in [4.78, 5) is 0. The van der Waals surface area contributed by atoms with Crippen LogP contribution in [0.2, 0.25) is 0 Å². The lowest BCUT2D eigenvalue weighted by molar-refractivity contribution is 0.860. The van der Waals surface area contributed by atoms with Gasteiger partial charge < -0.3 is 0 Å². The highest BCUT2D eigenvalue weighted by atomic mass is 14.2. The van der Waals surface area contributed by atoms with Gasteiger partial charge in [0, 0.05) is 5.92 Å². The average molecular weight is 334 g/mol. The Kier molecular flexibility index (Phi) is 4.66. The normalized spacial score (nSPS) is 16.2. The zero-order valence-electron chi connectivity index (χ0n) is 14.8. The first-order valence-electron chi connectivity index (χ1n) is 9.09. The highest BCUT2D eigenvalue weighted by Gasteiger charge is 2.17. The SMILES string of the molecule is C=C(c1ccc(-c2ccccc2)cc1)C1C=CC=C(c2ccccc2)C1. The third-order valence-electron chi connectivity index (χ3n) is 5.04. The van der Waals surface area contributed by atoms with Crippen molar-refractivity contribution in [3.8, 4) is 11.1 Å². The number of hydrogen-bond donors (Lipinski definition) is 0. The maximum Gasteiger partial charge on any atom is 0.00617 e. The quantitative estimate of drug-likeness (QED) is 0.480. The molecule has 0 saturated heterocycles. The Hall–Kier alpha value is -3.12. The van der Waals surface area contributed by atoms with Gasteiger partial charge in [-0.1, -0.05) is 110 Å². The topological polar surface area (TPSA) is 0 Å². The molecule has 0 heteroatoms. The molecule has 0 N–H and O–H groups in total. The van der Waals surface area contributed by atoms with E-state index in [4.69, 9.17) is 0 Å². The summed E-state index contributed by atoms with van der Waals surface area (Å²) in [5.41, 5.74) is 7.56. The monoisotopic (exact) mass is 334 g/mol. The van der Waals surface area contributed by atoms with Gasteiger partial charge in [-0.3, -0.25) is 0 Å². The Morgan fingerprint density at radius 1 is 0.692 bits per heavy atom. The number of benzene rings is 3. The van der Waals surface area contributed by atoms with Gasteiger partial charge in [0.25, 0.3) is 0 Å². The largest absolute Gasteiger partial charge is 0.0946 e.